The number of carbonyl (C=O) groups excluding carboxylic acids is 2. The lowest BCUT2D eigenvalue weighted by molar-refractivity contribution is -0.136. The van der Waals surface area contributed by atoms with Gasteiger partial charge in [-0.25, -0.2) is 5.10 Å². The number of aromatic amines is 1. The maximum Gasteiger partial charge on any atom is 0.417 e. The van der Waals surface area contributed by atoms with Crippen molar-refractivity contribution in [1.29, 1.82) is 0 Å². The Morgan fingerprint density at radius 1 is 1.04 bits per heavy atom. The minimum Gasteiger partial charge on any atom is -0.269 e. The highest BCUT2D eigenvalue weighted by molar-refractivity contribution is 9.10. The quantitative estimate of drug-likeness (QED) is 0.604. The second-order valence-corrected chi connectivity index (χ2v) is 7.03. The number of imide groups is 1. The van der Waals surface area contributed by atoms with E-state index in [1.165, 1.54) is 18.2 Å². The molecule has 1 N–H and O–H groups in total. The number of carbonyl (C=O) groups is 2. The van der Waals surface area contributed by atoms with Gasteiger partial charge in [0.2, 0.25) is 0 Å². The lowest BCUT2D eigenvalue weighted by atomic mass is 10.0. The van der Waals surface area contributed by atoms with Gasteiger partial charge in [0.25, 0.3) is 17.4 Å². The van der Waals surface area contributed by atoms with Gasteiger partial charge in [0.15, 0.2) is 0 Å². The number of hydrogen-bond acceptors (Lipinski definition) is 4. The average Bonchev–Trinajstić information content (AvgIpc) is 2.87. The van der Waals surface area contributed by atoms with Gasteiger partial charge in [-0.1, -0.05) is 28.1 Å². The number of fused-ring (bicyclic) bond motifs is 2. The van der Waals surface area contributed by atoms with Crippen LogP contribution in [0.5, 0.6) is 0 Å². The van der Waals surface area contributed by atoms with Crippen LogP contribution in [0.15, 0.2) is 45.7 Å². The van der Waals surface area contributed by atoms with Crippen LogP contribution < -0.4 is 5.56 Å². The summed E-state index contributed by atoms with van der Waals surface area (Å²) in [5.74, 6) is -1.15. The van der Waals surface area contributed by atoms with Crippen molar-refractivity contribution in [3.05, 3.63) is 73.6 Å². The molecule has 2 amide bonds. The number of amides is 2. The molecule has 0 radical (unpaired) electrons. The summed E-state index contributed by atoms with van der Waals surface area (Å²) in [5.41, 5.74) is -1.77. The first kappa shape index (κ1) is 18.4. The van der Waals surface area contributed by atoms with Crippen molar-refractivity contribution in [2.45, 2.75) is 12.7 Å². The van der Waals surface area contributed by atoms with Gasteiger partial charge in [0, 0.05) is 9.86 Å². The fraction of sp³-hybridized carbons (Fsp3) is 0.111. The molecule has 6 nitrogen and oxygen atoms in total. The second-order valence-electron chi connectivity index (χ2n) is 6.12. The molecular formula is C18H9BrF3N3O3. The van der Waals surface area contributed by atoms with E-state index in [1.807, 2.05) is 5.10 Å². The van der Waals surface area contributed by atoms with E-state index >= 15 is 0 Å². The van der Waals surface area contributed by atoms with Crippen molar-refractivity contribution in [2.24, 2.45) is 0 Å². The van der Waals surface area contributed by atoms with Gasteiger partial charge in [-0.15, -0.1) is 0 Å². The molecular weight excluding hydrogens is 443 g/mol. The van der Waals surface area contributed by atoms with Crippen molar-refractivity contribution >= 4 is 38.5 Å². The monoisotopic (exact) mass is 451 g/mol. The Morgan fingerprint density at radius 3 is 2.21 bits per heavy atom. The van der Waals surface area contributed by atoms with E-state index in [0.717, 1.165) is 11.0 Å². The summed E-state index contributed by atoms with van der Waals surface area (Å²) >= 11 is 3.01. The molecule has 1 aliphatic heterocycles. The van der Waals surface area contributed by atoms with Gasteiger partial charge in [0.1, 0.15) is 0 Å². The summed E-state index contributed by atoms with van der Waals surface area (Å²) in [6.45, 7) is -0.382. The standard InChI is InChI=1S/C18H9BrF3N3O3/c19-8-5-11-13(23-24-15(26)14(11)12(6-8)18(20,21)22)7-25-16(27)9-3-1-2-4-10(9)17(25)28/h1-6H,7H2,(H,24,26). The number of halogens is 4. The number of aromatic nitrogens is 2. The van der Waals surface area contributed by atoms with Crippen molar-refractivity contribution in [3.8, 4) is 0 Å². The lowest BCUT2D eigenvalue weighted by Crippen LogP contribution is -2.30. The molecule has 0 unspecified atom stereocenters. The van der Waals surface area contributed by atoms with E-state index in [-0.39, 0.29) is 33.2 Å². The van der Waals surface area contributed by atoms with E-state index < -0.39 is 34.5 Å². The molecule has 0 aliphatic carbocycles. The van der Waals surface area contributed by atoms with E-state index in [0.29, 0.717) is 0 Å². The van der Waals surface area contributed by atoms with Crippen LogP contribution in [0.1, 0.15) is 32.0 Å². The van der Waals surface area contributed by atoms with Crippen LogP contribution in [0, 0.1) is 0 Å². The number of nitrogens with one attached hydrogen (secondary N) is 1. The van der Waals surface area contributed by atoms with Crippen LogP contribution in [0.25, 0.3) is 10.8 Å². The van der Waals surface area contributed by atoms with Gasteiger partial charge in [-0.3, -0.25) is 19.3 Å². The molecule has 1 aliphatic rings. The fourth-order valence-corrected chi connectivity index (χ4v) is 3.65. The Bertz CT molecular complexity index is 1190. The molecule has 0 saturated carbocycles. The van der Waals surface area contributed by atoms with Gasteiger partial charge in [-0.2, -0.15) is 18.3 Å². The summed E-state index contributed by atoms with van der Waals surface area (Å²) in [6.07, 6.45) is -4.77. The van der Waals surface area contributed by atoms with Crippen LogP contribution in [0.4, 0.5) is 13.2 Å². The third kappa shape index (κ3) is 2.80. The number of benzene rings is 2. The van der Waals surface area contributed by atoms with E-state index in [4.69, 9.17) is 0 Å². The molecule has 28 heavy (non-hydrogen) atoms. The minimum absolute atomic E-state index is 0.0316. The zero-order valence-electron chi connectivity index (χ0n) is 13.8. The largest absolute Gasteiger partial charge is 0.417 e. The molecule has 0 bridgehead atoms. The van der Waals surface area contributed by atoms with Crippen LogP contribution >= 0.6 is 15.9 Å². The number of hydrogen-bond donors (Lipinski definition) is 1. The van der Waals surface area contributed by atoms with Gasteiger partial charge >= 0.3 is 6.18 Å². The average molecular weight is 452 g/mol. The summed E-state index contributed by atoms with van der Waals surface area (Å²) in [5, 5.41) is 5.13. The Kier molecular flexibility index (Phi) is 4.11. The maximum atomic E-state index is 13.4. The summed E-state index contributed by atoms with van der Waals surface area (Å²) in [4.78, 5) is 38.0. The molecule has 10 heteroatoms. The normalized spacial score (nSPS) is 14.1. The van der Waals surface area contributed by atoms with E-state index in [9.17, 15) is 27.6 Å². The van der Waals surface area contributed by atoms with Crippen molar-refractivity contribution in [1.82, 2.24) is 15.1 Å². The molecule has 2 heterocycles. The molecule has 3 aromatic rings. The van der Waals surface area contributed by atoms with Crippen LogP contribution in [-0.4, -0.2) is 26.9 Å². The van der Waals surface area contributed by atoms with Crippen LogP contribution in [-0.2, 0) is 12.7 Å². The third-order valence-corrected chi connectivity index (χ3v) is 4.88. The summed E-state index contributed by atoms with van der Waals surface area (Å²) < 4.78 is 40.3. The Balaban J connectivity index is 1.87. The first-order valence-electron chi connectivity index (χ1n) is 7.91. The van der Waals surface area contributed by atoms with Crippen LogP contribution in [0.3, 0.4) is 0 Å². The predicted octanol–water partition coefficient (Wildman–Crippen LogP) is 3.50. The predicted molar refractivity (Wildman–Crippen MR) is 95.7 cm³/mol. The molecule has 0 fully saturated rings. The molecule has 0 spiro atoms. The molecule has 4 rings (SSSR count). The number of alkyl halides is 3. The van der Waals surface area contributed by atoms with Crippen LogP contribution in [0.2, 0.25) is 0 Å². The van der Waals surface area contributed by atoms with Gasteiger partial charge in [-0.05, 0) is 24.3 Å². The molecule has 1 aromatic heterocycles. The Morgan fingerprint density at radius 2 is 1.64 bits per heavy atom. The summed E-state index contributed by atoms with van der Waals surface area (Å²) in [6, 6.07) is 8.30. The zero-order valence-corrected chi connectivity index (χ0v) is 15.4. The highest BCUT2D eigenvalue weighted by Crippen LogP contribution is 2.36. The highest BCUT2D eigenvalue weighted by Gasteiger charge is 2.37. The minimum atomic E-state index is -4.77. The number of rotatable bonds is 2. The molecule has 0 saturated heterocycles. The molecule has 2 aromatic carbocycles. The molecule has 0 atom stereocenters. The lowest BCUT2D eigenvalue weighted by Gasteiger charge is -2.16. The van der Waals surface area contributed by atoms with Crippen molar-refractivity contribution in [3.63, 3.8) is 0 Å². The van der Waals surface area contributed by atoms with Gasteiger partial charge < -0.3 is 0 Å². The third-order valence-electron chi connectivity index (χ3n) is 4.42. The number of H-pyrrole nitrogens is 1. The maximum absolute atomic E-state index is 13.4. The zero-order chi connectivity index (χ0) is 20.2. The van der Waals surface area contributed by atoms with E-state index in [2.05, 4.69) is 21.0 Å². The number of nitrogens with zero attached hydrogens (tertiary/aromatic N) is 2. The van der Waals surface area contributed by atoms with Gasteiger partial charge in [0.05, 0.1) is 34.3 Å². The fourth-order valence-electron chi connectivity index (χ4n) is 3.19. The molecule has 142 valence electrons. The van der Waals surface area contributed by atoms with E-state index in [1.54, 1.807) is 12.1 Å². The highest BCUT2D eigenvalue weighted by atomic mass is 79.9. The SMILES string of the molecule is O=C1c2ccccc2C(=O)N1Cc1n[nH]c(=O)c2c(C(F)(F)F)cc(Br)cc12. The van der Waals surface area contributed by atoms with Crippen molar-refractivity contribution < 1.29 is 22.8 Å². The Hall–Kier alpha value is -3.01. The topological polar surface area (TPSA) is 83.1 Å². The smallest absolute Gasteiger partial charge is 0.269 e. The Labute approximate surface area is 163 Å². The summed E-state index contributed by atoms with van der Waals surface area (Å²) in [7, 11) is 0. The van der Waals surface area contributed by atoms with Crippen molar-refractivity contribution in [2.75, 3.05) is 0 Å². The first-order valence-corrected chi connectivity index (χ1v) is 8.71. The first-order chi connectivity index (χ1) is 13.2. The second kappa shape index (κ2) is 6.26.